The second-order valence-electron chi connectivity index (χ2n) is 4.93. The van der Waals surface area contributed by atoms with E-state index < -0.39 is 0 Å². The molecule has 0 spiro atoms. The zero-order valence-corrected chi connectivity index (χ0v) is 11.9. The number of nitrogens with zero attached hydrogens (tertiary/aromatic N) is 2. The summed E-state index contributed by atoms with van der Waals surface area (Å²) in [4.78, 5) is 17.8. The molecular formula is C14H17ClN2O2. The number of halogens is 1. The van der Waals surface area contributed by atoms with Crippen molar-refractivity contribution in [1.29, 1.82) is 0 Å². The maximum Gasteiger partial charge on any atom is 0.418 e. The minimum atomic E-state index is -0.333. The lowest BCUT2D eigenvalue weighted by Gasteiger charge is -2.25. The topological polar surface area (TPSA) is 41.9 Å². The van der Waals surface area contributed by atoms with Crippen LogP contribution >= 0.6 is 11.6 Å². The fourth-order valence-electron chi connectivity index (χ4n) is 1.71. The predicted molar refractivity (Wildman–Crippen MR) is 75.5 cm³/mol. The molecule has 1 aromatic rings. The minimum Gasteiger partial charge on any atom is -0.391 e. The molecule has 0 aromatic heterocycles. The number of rotatable bonds is 4. The number of ether oxygens (including phenoxy) is 1. The highest BCUT2D eigenvalue weighted by Gasteiger charge is 2.23. The SMILES string of the molecule is CC(C)CCN1CN=C(c2ccc(Cl)cc2)OC1=O. The van der Waals surface area contributed by atoms with Gasteiger partial charge in [0.05, 0.1) is 0 Å². The van der Waals surface area contributed by atoms with Crippen LogP contribution in [0.5, 0.6) is 0 Å². The molecule has 1 heterocycles. The number of benzene rings is 1. The molecular weight excluding hydrogens is 264 g/mol. The molecule has 0 unspecified atom stereocenters. The molecule has 0 radical (unpaired) electrons. The van der Waals surface area contributed by atoms with E-state index in [1.54, 1.807) is 29.2 Å². The Morgan fingerprint density at radius 1 is 1.37 bits per heavy atom. The van der Waals surface area contributed by atoms with E-state index in [1.165, 1.54) is 0 Å². The van der Waals surface area contributed by atoms with E-state index in [0.29, 0.717) is 30.1 Å². The molecule has 0 aliphatic carbocycles. The summed E-state index contributed by atoms with van der Waals surface area (Å²) >= 11 is 5.82. The summed E-state index contributed by atoms with van der Waals surface area (Å²) in [6.07, 6.45) is 0.613. The van der Waals surface area contributed by atoms with Crippen molar-refractivity contribution in [2.45, 2.75) is 20.3 Å². The van der Waals surface area contributed by atoms with Crippen LogP contribution in [-0.4, -0.2) is 30.1 Å². The number of carbonyl (C=O) groups excluding carboxylic acids is 1. The first-order chi connectivity index (χ1) is 9.06. The first kappa shape index (κ1) is 13.9. The van der Waals surface area contributed by atoms with Gasteiger partial charge < -0.3 is 4.74 Å². The molecule has 0 bridgehead atoms. The van der Waals surface area contributed by atoms with Crippen molar-refractivity contribution in [1.82, 2.24) is 4.90 Å². The Morgan fingerprint density at radius 2 is 2.05 bits per heavy atom. The van der Waals surface area contributed by atoms with Crippen molar-refractivity contribution in [3.05, 3.63) is 34.9 Å². The normalized spacial score (nSPS) is 15.5. The predicted octanol–water partition coefficient (Wildman–Crippen LogP) is 3.54. The van der Waals surface area contributed by atoms with Crippen LogP contribution in [0.15, 0.2) is 29.3 Å². The Bertz CT molecular complexity index is 483. The van der Waals surface area contributed by atoms with Crippen LogP contribution < -0.4 is 0 Å². The Hall–Kier alpha value is -1.55. The first-order valence-corrected chi connectivity index (χ1v) is 6.71. The van der Waals surface area contributed by atoms with Gasteiger partial charge in [0.2, 0.25) is 5.90 Å². The maximum atomic E-state index is 11.9. The molecule has 0 N–H and O–H groups in total. The van der Waals surface area contributed by atoms with Gasteiger partial charge in [-0.3, -0.25) is 4.90 Å². The third-order valence-electron chi connectivity index (χ3n) is 2.89. The lowest BCUT2D eigenvalue weighted by Crippen LogP contribution is -2.39. The van der Waals surface area contributed by atoms with E-state index in [9.17, 15) is 4.79 Å². The largest absolute Gasteiger partial charge is 0.418 e. The molecule has 0 saturated carbocycles. The van der Waals surface area contributed by atoms with E-state index >= 15 is 0 Å². The van der Waals surface area contributed by atoms with Gasteiger partial charge in [-0.25, -0.2) is 9.79 Å². The average molecular weight is 281 g/mol. The second-order valence-corrected chi connectivity index (χ2v) is 5.36. The Morgan fingerprint density at radius 3 is 2.63 bits per heavy atom. The molecule has 4 nitrogen and oxygen atoms in total. The van der Waals surface area contributed by atoms with Crippen LogP contribution in [0.1, 0.15) is 25.8 Å². The molecule has 0 saturated heterocycles. The smallest absolute Gasteiger partial charge is 0.391 e. The van der Waals surface area contributed by atoms with Crippen molar-refractivity contribution in [3.8, 4) is 0 Å². The van der Waals surface area contributed by atoms with Gasteiger partial charge in [-0.05, 0) is 36.6 Å². The van der Waals surface area contributed by atoms with Gasteiger partial charge in [0, 0.05) is 17.1 Å². The summed E-state index contributed by atoms with van der Waals surface area (Å²) < 4.78 is 5.25. The summed E-state index contributed by atoms with van der Waals surface area (Å²) in [5.41, 5.74) is 0.765. The van der Waals surface area contributed by atoms with E-state index in [-0.39, 0.29) is 6.09 Å². The van der Waals surface area contributed by atoms with Crippen LogP contribution in [0.4, 0.5) is 4.79 Å². The Labute approximate surface area is 118 Å². The molecule has 2 rings (SSSR count). The Balaban J connectivity index is 2.03. The molecule has 1 aromatic carbocycles. The molecule has 1 aliphatic rings. The van der Waals surface area contributed by atoms with Gasteiger partial charge in [0.25, 0.3) is 0 Å². The summed E-state index contributed by atoms with van der Waals surface area (Å²) in [6, 6.07) is 7.08. The maximum absolute atomic E-state index is 11.9. The number of aliphatic imine (C=N–C) groups is 1. The number of cyclic esters (lactones) is 1. The average Bonchev–Trinajstić information content (AvgIpc) is 2.38. The first-order valence-electron chi connectivity index (χ1n) is 6.33. The summed E-state index contributed by atoms with van der Waals surface area (Å²) in [5.74, 6) is 0.914. The highest BCUT2D eigenvalue weighted by Crippen LogP contribution is 2.15. The third kappa shape index (κ3) is 3.70. The van der Waals surface area contributed by atoms with Crippen LogP contribution in [0.2, 0.25) is 5.02 Å². The molecule has 0 fully saturated rings. The highest BCUT2D eigenvalue weighted by atomic mass is 35.5. The fraction of sp³-hybridized carbons (Fsp3) is 0.429. The highest BCUT2D eigenvalue weighted by molar-refractivity contribution is 6.30. The molecule has 102 valence electrons. The zero-order chi connectivity index (χ0) is 13.8. The van der Waals surface area contributed by atoms with Gasteiger partial charge >= 0.3 is 6.09 Å². The lowest BCUT2D eigenvalue weighted by molar-refractivity contribution is 0.139. The summed E-state index contributed by atoms with van der Waals surface area (Å²) in [6.45, 7) is 5.27. The molecule has 5 heteroatoms. The van der Waals surface area contributed by atoms with Gasteiger partial charge in [-0.15, -0.1) is 0 Å². The molecule has 1 aliphatic heterocycles. The second kappa shape index (κ2) is 6.06. The van der Waals surface area contributed by atoms with Crippen molar-refractivity contribution < 1.29 is 9.53 Å². The fourth-order valence-corrected chi connectivity index (χ4v) is 1.83. The van der Waals surface area contributed by atoms with Gasteiger partial charge in [0.15, 0.2) is 0 Å². The van der Waals surface area contributed by atoms with E-state index in [1.807, 2.05) is 0 Å². The molecule has 0 atom stereocenters. The Kier molecular flexibility index (Phi) is 4.43. The van der Waals surface area contributed by atoms with Crippen LogP contribution in [0.3, 0.4) is 0 Å². The van der Waals surface area contributed by atoms with Crippen molar-refractivity contribution in [3.63, 3.8) is 0 Å². The van der Waals surface area contributed by atoms with E-state index in [2.05, 4.69) is 18.8 Å². The standard InChI is InChI=1S/C14H17ClN2O2/c1-10(2)7-8-17-9-16-13(19-14(17)18)11-3-5-12(15)6-4-11/h3-6,10H,7-9H2,1-2H3. The lowest BCUT2D eigenvalue weighted by atomic mass is 10.1. The number of carbonyl (C=O) groups is 1. The van der Waals surface area contributed by atoms with Gasteiger partial charge in [-0.1, -0.05) is 25.4 Å². The van der Waals surface area contributed by atoms with Crippen LogP contribution in [-0.2, 0) is 4.74 Å². The minimum absolute atomic E-state index is 0.333. The number of hydrogen-bond acceptors (Lipinski definition) is 3. The van der Waals surface area contributed by atoms with E-state index in [0.717, 1.165) is 12.0 Å². The number of amides is 1. The zero-order valence-electron chi connectivity index (χ0n) is 11.1. The quantitative estimate of drug-likeness (QED) is 0.846. The van der Waals surface area contributed by atoms with Crippen molar-refractivity contribution in [2.24, 2.45) is 10.9 Å². The van der Waals surface area contributed by atoms with Crippen molar-refractivity contribution in [2.75, 3.05) is 13.2 Å². The van der Waals surface area contributed by atoms with Crippen molar-refractivity contribution >= 4 is 23.6 Å². The summed E-state index contributed by atoms with van der Waals surface area (Å²) in [7, 11) is 0. The number of hydrogen-bond donors (Lipinski definition) is 0. The van der Waals surface area contributed by atoms with Gasteiger partial charge in [-0.2, -0.15) is 0 Å². The third-order valence-corrected chi connectivity index (χ3v) is 3.15. The molecule has 19 heavy (non-hydrogen) atoms. The summed E-state index contributed by atoms with van der Waals surface area (Å²) in [5, 5.41) is 0.644. The van der Waals surface area contributed by atoms with E-state index in [4.69, 9.17) is 16.3 Å². The van der Waals surface area contributed by atoms with Crippen LogP contribution in [0, 0.1) is 5.92 Å². The monoisotopic (exact) mass is 280 g/mol. The van der Waals surface area contributed by atoms with Crippen LogP contribution in [0.25, 0.3) is 0 Å². The molecule has 1 amide bonds. The van der Waals surface area contributed by atoms with Gasteiger partial charge in [0.1, 0.15) is 6.67 Å².